The van der Waals surface area contributed by atoms with Gasteiger partial charge in [0.1, 0.15) is 16.9 Å². The Labute approximate surface area is 300 Å². The molecule has 0 amide bonds. The van der Waals surface area contributed by atoms with Crippen LogP contribution in [0, 0.1) is 6.07 Å². The molecular formula is C43H31N4OPt+. The van der Waals surface area contributed by atoms with Crippen molar-refractivity contribution in [3.8, 4) is 44.8 Å². The standard InChI is InChI=1S/C43H31N4O.Pt/c1-43(2)26-40-34-18-9-8-16-32(34)31-15-6-7-17-33(31)35-23-22-30(25-39(35)46(40)28-47(43)38-20-10-11-21-41(38)48)45-27-37(29-13-4-3-5-14-29)36-19-12-24-44-42(36)45;/h3-24,26-27,48H,1-2H3;/q-1;+2. The fraction of sp³-hybridized carbons (Fsp3) is 0.0698. The number of hydrogen-bond acceptors (Lipinski definition) is 3. The number of phenols is 1. The maximum atomic E-state index is 11.0. The van der Waals surface area contributed by atoms with E-state index in [2.05, 4.69) is 139 Å². The maximum Gasteiger partial charge on any atom is 2.00 e. The number of pyridine rings is 1. The van der Waals surface area contributed by atoms with Crippen LogP contribution in [-0.4, -0.2) is 31.1 Å². The summed E-state index contributed by atoms with van der Waals surface area (Å²) in [6.07, 6.45) is 10.0. The van der Waals surface area contributed by atoms with Gasteiger partial charge in [0.25, 0.3) is 0 Å². The van der Waals surface area contributed by atoms with Crippen molar-refractivity contribution in [3.63, 3.8) is 0 Å². The first kappa shape index (κ1) is 30.8. The predicted molar refractivity (Wildman–Crippen MR) is 194 cm³/mol. The van der Waals surface area contributed by atoms with Gasteiger partial charge in [0.2, 0.25) is 6.34 Å². The monoisotopic (exact) mass is 814 g/mol. The molecule has 2 aliphatic rings. The zero-order valence-corrected chi connectivity index (χ0v) is 29.2. The Hall–Kier alpha value is -5.51. The summed E-state index contributed by atoms with van der Waals surface area (Å²) in [5.41, 5.74) is 11.6. The number of hydrogen-bond donors (Lipinski definition) is 1. The van der Waals surface area contributed by atoms with E-state index in [1.165, 1.54) is 0 Å². The van der Waals surface area contributed by atoms with Crippen LogP contribution in [0.25, 0.3) is 55.8 Å². The van der Waals surface area contributed by atoms with Crippen LogP contribution in [0.5, 0.6) is 5.75 Å². The van der Waals surface area contributed by atoms with Gasteiger partial charge in [-0.3, -0.25) is 4.58 Å². The van der Waals surface area contributed by atoms with E-state index in [9.17, 15) is 5.11 Å². The summed E-state index contributed by atoms with van der Waals surface area (Å²) < 4.78 is 4.15. The molecular weight excluding hydrogens is 784 g/mol. The van der Waals surface area contributed by atoms with Crippen LogP contribution in [0.2, 0.25) is 0 Å². The zero-order valence-electron chi connectivity index (χ0n) is 26.9. The minimum absolute atomic E-state index is 0. The van der Waals surface area contributed by atoms with E-state index in [0.717, 1.165) is 67.0 Å². The van der Waals surface area contributed by atoms with Crippen molar-refractivity contribution in [2.45, 2.75) is 19.4 Å². The van der Waals surface area contributed by atoms with Gasteiger partial charge < -0.3 is 14.6 Å². The van der Waals surface area contributed by atoms with Gasteiger partial charge in [-0.2, -0.15) is 12.1 Å². The third-order valence-corrected chi connectivity index (χ3v) is 9.38. The molecule has 7 aromatic rings. The summed E-state index contributed by atoms with van der Waals surface area (Å²) in [5, 5.41) is 12.1. The molecule has 238 valence electrons. The second-order valence-electron chi connectivity index (χ2n) is 12.8. The molecule has 0 fully saturated rings. The van der Waals surface area contributed by atoms with Gasteiger partial charge in [0.05, 0.1) is 11.4 Å². The summed E-state index contributed by atoms with van der Waals surface area (Å²) >= 11 is 0. The molecule has 6 heteroatoms. The number of phenolic OH excluding ortho intramolecular Hbond substituents is 1. The quantitative estimate of drug-likeness (QED) is 0.143. The molecule has 5 aromatic carbocycles. The minimum atomic E-state index is -0.514. The first-order chi connectivity index (χ1) is 23.5. The Bertz CT molecular complexity index is 2460. The molecule has 1 N–H and O–H groups in total. The van der Waals surface area contributed by atoms with Crippen LogP contribution in [0.15, 0.2) is 146 Å². The normalized spacial score (nSPS) is 14.2. The zero-order chi connectivity index (χ0) is 32.4. The number of nitrogens with zero attached hydrogens (tertiary/aromatic N) is 4. The number of anilines is 1. The van der Waals surface area contributed by atoms with Crippen LogP contribution < -0.4 is 4.90 Å². The Morgan fingerprint density at radius 2 is 1.33 bits per heavy atom. The van der Waals surface area contributed by atoms with Crippen molar-refractivity contribution in [3.05, 3.63) is 157 Å². The maximum absolute atomic E-state index is 11.0. The molecule has 0 spiro atoms. The van der Waals surface area contributed by atoms with E-state index >= 15 is 0 Å². The van der Waals surface area contributed by atoms with Crippen LogP contribution >= 0.6 is 0 Å². The van der Waals surface area contributed by atoms with Gasteiger partial charge in [-0.1, -0.05) is 114 Å². The molecule has 49 heavy (non-hydrogen) atoms. The van der Waals surface area contributed by atoms with Gasteiger partial charge in [-0.15, -0.1) is 11.6 Å². The summed E-state index contributed by atoms with van der Waals surface area (Å²) in [7, 11) is 0. The molecule has 2 aromatic heterocycles. The van der Waals surface area contributed by atoms with Gasteiger partial charge >= 0.3 is 21.1 Å². The van der Waals surface area contributed by atoms with Crippen LogP contribution in [-0.2, 0) is 21.1 Å². The molecule has 0 radical (unpaired) electrons. The van der Waals surface area contributed by atoms with Crippen LogP contribution in [0.3, 0.4) is 0 Å². The second kappa shape index (κ2) is 11.9. The Balaban J connectivity index is 0.00000348. The predicted octanol–water partition coefficient (Wildman–Crippen LogP) is 9.73. The number of para-hydroxylation sites is 2. The second-order valence-corrected chi connectivity index (χ2v) is 12.8. The topological polar surface area (TPSA) is 44.3 Å². The number of aromatic nitrogens is 2. The molecule has 0 aliphatic carbocycles. The molecule has 0 atom stereocenters. The van der Waals surface area contributed by atoms with E-state index in [4.69, 9.17) is 4.98 Å². The first-order valence-electron chi connectivity index (χ1n) is 16.1. The SMILES string of the molecule is CC1(C)C=C2c3ccccc3-c3ccccc3-c3ccc(-n4cc(-c5ccccc5)c5cccnc54)[c-]c3N2[C-]=[N+]1c1ccccc1O.[Pt+2]. The third-order valence-electron chi connectivity index (χ3n) is 9.38. The number of benzene rings is 5. The summed E-state index contributed by atoms with van der Waals surface area (Å²) in [6.45, 7) is 4.30. The number of rotatable bonds is 3. The van der Waals surface area contributed by atoms with Crippen LogP contribution in [0.1, 0.15) is 19.4 Å². The number of fused-ring (bicyclic) bond motifs is 9. The average molecular weight is 815 g/mol. The van der Waals surface area contributed by atoms with E-state index < -0.39 is 5.54 Å². The Morgan fingerprint density at radius 1 is 0.673 bits per heavy atom. The van der Waals surface area contributed by atoms with E-state index in [-0.39, 0.29) is 26.8 Å². The molecule has 0 saturated heterocycles. The minimum Gasteiger partial charge on any atom is -0.513 e. The summed E-state index contributed by atoms with van der Waals surface area (Å²) in [4.78, 5) is 6.96. The van der Waals surface area contributed by atoms with Gasteiger partial charge in [0, 0.05) is 23.3 Å². The molecule has 0 unspecified atom stereocenters. The Kier molecular flexibility index (Phi) is 7.46. The van der Waals surface area contributed by atoms with Crippen molar-refractivity contribution >= 4 is 34.4 Å². The van der Waals surface area contributed by atoms with E-state index in [0.29, 0.717) is 5.69 Å². The van der Waals surface area contributed by atoms with Crippen molar-refractivity contribution in [2.75, 3.05) is 4.90 Å². The van der Waals surface area contributed by atoms with E-state index in [1.54, 1.807) is 6.07 Å². The molecule has 0 saturated carbocycles. The fourth-order valence-corrected chi connectivity index (χ4v) is 7.12. The van der Waals surface area contributed by atoms with Crippen LogP contribution in [0.4, 0.5) is 11.4 Å². The first-order valence-corrected chi connectivity index (χ1v) is 16.1. The van der Waals surface area contributed by atoms with Gasteiger partial charge in [-0.25, -0.2) is 4.98 Å². The van der Waals surface area contributed by atoms with Crippen molar-refractivity contribution in [1.82, 2.24) is 9.55 Å². The van der Waals surface area contributed by atoms with Crippen molar-refractivity contribution < 1.29 is 30.7 Å². The fourth-order valence-electron chi connectivity index (χ4n) is 7.12. The van der Waals surface area contributed by atoms with Gasteiger partial charge in [-0.05, 0) is 60.4 Å². The smallest absolute Gasteiger partial charge is 0.513 e. The summed E-state index contributed by atoms with van der Waals surface area (Å²) in [6, 6.07) is 47.3. The number of aromatic hydroxyl groups is 1. The summed E-state index contributed by atoms with van der Waals surface area (Å²) in [5.74, 6) is 0.198. The molecule has 5 nitrogen and oxygen atoms in total. The average Bonchev–Trinajstić information content (AvgIpc) is 3.51. The van der Waals surface area contributed by atoms with E-state index in [1.807, 2.05) is 41.1 Å². The molecule has 4 heterocycles. The van der Waals surface area contributed by atoms with Crippen molar-refractivity contribution in [2.24, 2.45) is 0 Å². The van der Waals surface area contributed by atoms with Crippen molar-refractivity contribution in [1.29, 1.82) is 0 Å². The largest absolute Gasteiger partial charge is 2.00 e. The molecule has 2 aliphatic heterocycles. The third kappa shape index (κ3) is 4.96. The molecule has 0 bridgehead atoms. The van der Waals surface area contributed by atoms with Gasteiger partial charge in [0.15, 0.2) is 0 Å². The molecule has 9 rings (SSSR count). The Morgan fingerprint density at radius 3 is 2.08 bits per heavy atom.